The van der Waals surface area contributed by atoms with Crippen LogP contribution in [-0.4, -0.2) is 34.7 Å². The number of nitrogens with zero attached hydrogens (tertiary/aromatic N) is 1. The maximum absolute atomic E-state index is 12.7. The number of aromatic nitrogens is 2. The van der Waals surface area contributed by atoms with Gasteiger partial charge in [0.1, 0.15) is 5.75 Å². The zero-order chi connectivity index (χ0) is 23.4. The number of hydrogen-bond donors (Lipinski definition) is 2. The van der Waals surface area contributed by atoms with Crippen molar-refractivity contribution in [2.75, 3.05) is 14.2 Å². The molecular formula is C26H22N2O5. The van der Waals surface area contributed by atoms with Crippen LogP contribution in [0.4, 0.5) is 0 Å². The average molecular weight is 442 g/mol. The number of carbonyl (C=O) groups excluding carboxylic acids is 1. The minimum absolute atomic E-state index is 0.0274. The Morgan fingerprint density at radius 2 is 1.79 bits per heavy atom. The number of hydrogen-bond acceptors (Lipinski definition) is 5. The Morgan fingerprint density at radius 3 is 2.52 bits per heavy atom. The first-order valence-corrected chi connectivity index (χ1v) is 10.1. The summed E-state index contributed by atoms with van der Waals surface area (Å²) in [5.74, 6) is 0.860. The molecule has 3 aromatic carbocycles. The highest BCUT2D eigenvalue weighted by molar-refractivity contribution is 6.07. The van der Waals surface area contributed by atoms with Gasteiger partial charge in [0.05, 0.1) is 25.6 Å². The zero-order valence-corrected chi connectivity index (χ0v) is 18.1. The van der Waals surface area contributed by atoms with Crippen LogP contribution in [0.2, 0.25) is 0 Å². The van der Waals surface area contributed by atoms with Gasteiger partial charge in [-0.25, -0.2) is 4.79 Å². The first kappa shape index (κ1) is 21.7. The second-order valence-electron chi connectivity index (χ2n) is 7.25. The lowest BCUT2D eigenvalue weighted by molar-refractivity contribution is 0.104. The van der Waals surface area contributed by atoms with E-state index in [1.165, 1.54) is 23.8 Å². The number of nitrogens with one attached hydrogen (secondary N) is 1. The van der Waals surface area contributed by atoms with E-state index in [-0.39, 0.29) is 17.2 Å². The number of ketones is 1. The summed E-state index contributed by atoms with van der Waals surface area (Å²) in [5.41, 5.74) is 2.90. The molecule has 0 radical (unpaired) electrons. The summed E-state index contributed by atoms with van der Waals surface area (Å²) in [7, 11) is 3.06. The van der Waals surface area contributed by atoms with Gasteiger partial charge < -0.3 is 19.6 Å². The van der Waals surface area contributed by atoms with Gasteiger partial charge in [0.15, 0.2) is 17.3 Å². The minimum atomic E-state index is -0.308. The molecule has 0 saturated carbocycles. The van der Waals surface area contributed by atoms with Gasteiger partial charge in [-0.15, -0.1) is 0 Å². The molecule has 0 atom stereocenters. The standard InChI is InChI=1S/C26H22N2O5/c1-32-21-10-8-18(9-11-21)22-16-28(26(31)27-22)20-5-3-4-19(15-20)23(29)12-6-17-7-13-24(30)25(14-17)33-2/h3-16,30H,1-2H3,(H,27,31)/b12-6+. The van der Waals surface area contributed by atoms with Crippen molar-refractivity contribution in [1.82, 2.24) is 9.55 Å². The molecule has 0 aliphatic rings. The Bertz CT molecular complexity index is 1380. The SMILES string of the molecule is COc1ccc(-c2cn(-c3cccc(C(=O)/C=C/c4ccc(O)c(OC)c4)c3)c(=O)[nH]2)cc1. The number of phenols is 1. The van der Waals surface area contributed by atoms with Crippen molar-refractivity contribution in [2.45, 2.75) is 0 Å². The molecule has 0 aliphatic carbocycles. The highest BCUT2D eigenvalue weighted by Gasteiger charge is 2.10. The molecule has 0 aliphatic heterocycles. The predicted octanol–water partition coefficient (Wildman–Crippen LogP) is 4.45. The molecule has 0 bridgehead atoms. The van der Waals surface area contributed by atoms with E-state index in [0.29, 0.717) is 28.3 Å². The summed E-state index contributed by atoms with van der Waals surface area (Å²) in [5, 5.41) is 9.70. The average Bonchev–Trinajstić information content (AvgIpc) is 3.25. The van der Waals surface area contributed by atoms with Crippen LogP contribution in [0.5, 0.6) is 17.2 Å². The number of methoxy groups -OCH3 is 2. The quantitative estimate of drug-likeness (QED) is 0.326. The number of ether oxygens (including phenoxy) is 2. The third-order valence-corrected chi connectivity index (χ3v) is 5.16. The third kappa shape index (κ3) is 4.72. The fraction of sp³-hybridized carbons (Fsp3) is 0.0769. The van der Waals surface area contributed by atoms with Crippen molar-refractivity contribution in [1.29, 1.82) is 0 Å². The Hall–Kier alpha value is -4.52. The fourth-order valence-electron chi connectivity index (χ4n) is 3.38. The van der Waals surface area contributed by atoms with Crippen molar-refractivity contribution in [3.05, 3.63) is 101 Å². The number of H-pyrrole nitrogens is 1. The summed E-state index contributed by atoms with van der Waals surface area (Å²) >= 11 is 0. The van der Waals surface area contributed by atoms with Crippen molar-refractivity contribution >= 4 is 11.9 Å². The Kier molecular flexibility index (Phi) is 6.13. The number of carbonyl (C=O) groups is 1. The van der Waals surface area contributed by atoms with Crippen molar-refractivity contribution in [2.24, 2.45) is 0 Å². The van der Waals surface area contributed by atoms with E-state index in [1.807, 2.05) is 24.3 Å². The molecule has 33 heavy (non-hydrogen) atoms. The topological polar surface area (TPSA) is 93.5 Å². The summed E-state index contributed by atoms with van der Waals surface area (Å²) in [6.45, 7) is 0. The molecule has 0 unspecified atom stereocenters. The van der Waals surface area contributed by atoms with Gasteiger partial charge in [-0.2, -0.15) is 0 Å². The van der Waals surface area contributed by atoms with Gasteiger partial charge >= 0.3 is 5.69 Å². The van der Waals surface area contributed by atoms with Crippen LogP contribution in [0, 0.1) is 0 Å². The molecular weight excluding hydrogens is 420 g/mol. The van der Waals surface area contributed by atoms with E-state index in [4.69, 9.17) is 9.47 Å². The highest BCUT2D eigenvalue weighted by Crippen LogP contribution is 2.27. The minimum Gasteiger partial charge on any atom is -0.504 e. The van der Waals surface area contributed by atoms with E-state index < -0.39 is 0 Å². The summed E-state index contributed by atoms with van der Waals surface area (Å²) in [4.78, 5) is 28.1. The molecule has 4 aromatic rings. The molecule has 7 nitrogen and oxygen atoms in total. The van der Waals surface area contributed by atoms with Gasteiger partial charge in [-0.05, 0) is 65.7 Å². The number of benzene rings is 3. The van der Waals surface area contributed by atoms with Gasteiger partial charge in [0.2, 0.25) is 0 Å². The van der Waals surface area contributed by atoms with Gasteiger partial charge in [0, 0.05) is 11.8 Å². The predicted molar refractivity (Wildman–Crippen MR) is 126 cm³/mol. The van der Waals surface area contributed by atoms with Gasteiger partial charge in [-0.3, -0.25) is 9.36 Å². The summed E-state index contributed by atoms with van der Waals surface area (Å²) < 4.78 is 11.7. The number of rotatable bonds is 7. The highest BCUT2D eigenvalue weighted by atomic mass is 16.5. The maximum atomic E-state index is 12.7. The molecule has 0 spiro atoms. The second kappa shape index (κ2) is 9.32. The zero-order valence-electron chi connectivity index (χ0n) is 18.1. The van der Waals surface area contributed by atoms with Crippen molar-refractivity contribution < 1.29 is 19.4 Å². The maximum Gasteiger partial charge on any atom is 0.330 e. The first-order chi connectivity index (χ1) is 16.0. The van der Waals surface area contributed by atoms with Crippen LogP contribution in [0.3, 0.4) is 0 Å². The van der Waals surface area contributed by atoms with Crippen LogP contribution < -0.4 is 15.2 Å². The molecule has 0 fully saturated rings. The lowest BCUT2D eigenvalue weighted by Gasteiger charge is -2.04. The van der Waals surface area contributed by atoms with Crippen LogP contribution in [-0.2, 0) is 0 Å². The number of allylic oxidation sites excluding steroid dienone is 1. The summed E-state index contributed by atoms with van der Waals surface area (Å²) in [6.07, 6.45) is 4.78. The molecule has 0 saturated heterocycles. The Balaban J connectivity index is 1.58. The first-order valence-electron chi connectivity index (χ1n) is 10.1. The van der Waals surface area contributed by atoms with Crippen molar-refractivity contribution in [3.8, 4) is 34.2 Å². The van der Waals surface area contributed by atoms with Crippen LogP contribution in [0.25, 0.3) is 23.0 Å². The molecule has 166 valence electrons. The normalized spacial score (nSPS) is 11.0. The number of phenolic OH excluding ortho intramolecular Hbond substituents is 1. The summed E-state index contributed by atoms with van der Waals surface area (Å²) in [6, 6.07) is 19.0. The second-order valence-corrected chi connectivity index (χ2v) is 7.25. The third-order valence-electron chi connectivity index (χ3n) is 5.16. The van der Waals surface area contributed by atoms with Gasteiger partial charge in [0.25, 0.3) is 0 Å². The van der Waals surface area contributed by atoms with E-state index >= 15 is 0 Å². The van der Waals surface area contributed by atoms with Crippen LogP contribution in [0.15, 0.2) is 83.8 Å². The molecule has 7 heteroatoms. The lowest BCUT2D eigenvalue weighted by Crippen LogP contribution is -2.14. The molecule has 0 amide bonds. The van der Waals surface area contributed by atoms with Crippen LogP contribution in [0.1, 0.15) is 15.9 Å². The molecule has 2 N–H and O–H groups in total. The van der Waals surface area contributed by atoms with Crippen molar-refractivity contribution in [3.63, 3.8) is 0 Å². The van der Waals surface area contributed by atoms with Crippen LogP contribution >= 0.6 is 0 Å². The fourth-order valence-corrected chi connectivity index (χ4v) is 3.38. The number of imidazole rings is 1. The smallest absolute Gasteiger partial charge is 0.330 e. The monoisotopic (exact) mass is 442 g/mol. The van der Waals surface area contributed by atoms with E-state index in [2.05, 4.69) is 4.98 Å². The Labute approximate surface area is 190 Å². The Morgan fingerprint density at radius 1 is 1.00 bits per heavy atom. The molecule has 4 rings (SSSR count). The molecule has 1 aromatic heterocycles. The number of aromatic amines is 1. The largest absolute Gasteiger partial charge is 0.504 e. The van der Waals surface area contributed by atoms with E-state index in [0.717, 1.165) is 11.3 Å². The molecule has 1 heterocycles. The van der Waals surface area contributed by atoms with Gasteiger partial charge in [-0.1, -0.05) is 24.3 Å². The number of aromatic hydroxyl groups is 1. The van der Waals surface area contributed by atoms with E-state index in [1.54, 1.807) is 55.8 Å². The van der Waals surface area contributed by atoms with E-state index in [9.17, 15) is 14.7 Å². The lowest BCUT2D eigenvalue weighted by atomic mass is 10.1.